The third-order valence-electron chi connectivity index (χ3n) is 3.38. The van der Waals surface area contributed by atoms with Crippen molar-refractivity contribution in [3.8, 4) is 6.07 Å². The molecule has 1 heterocycles. The minimum Gasteiger partial charge on any atom is -0.334 e. The van der Waals surface area contributed by atoms with E-state index < -0.39 is 0 Å². The molecule has 2 rings (SSSR count). The SMILES string of the molecule is CCC1CN(C(=O)NCc2cccc(C#N)c2)CCS1. The topological polar surface area (TPSA) is 56.1 Å². The summed E-state index contributed by atoms with van der Waals surface area (Å²) in [7, 11) is 0. The minimum absolute atomic E-state index is 0.00823. The van der Waals surface area contributed by atoms with Gasteiger partial charge in [-0.3, -0.25) is 0 Å². The third kappa shape index (κ3) is 3.91. The lowest BCUT2D eigenvalue weighted by Crippen LogP contribution is -2.46. The maximum absolute atomic E-state index is 12.1. The summed E-state index contributed by atoms with van der Waals surface area (Å²) in [5.41, 5.74) is 1.58. The second-order valence-corrected chi connectivity index (χ2v) is 6.23. The first-order valence-corrected chi connectivity index (χ1v) is 7.91. The average Bonchev–Trinajstić information content (AvgIpc) is 2.52. The summed E-state index contributed by atoms with van der Waals surface area (Å²) in [5.74, 6) is 1.01. The first-order valence-electron chi connectivity index (χ1n) is 6.86. The number of nitriles is 1. The Balaban J connectivity index is 1.87. The Morgan fingerprint density at radius 2 is 2.45 bits per heavy atom. The van der Waals surface area contributed by atoms with Gasteiger partial charge in [-0.1, -0.05) is 19.1 Å². The van der Waals surface area contributed by atoms with Gasteiger partial charge in [0.25, 0.3) is 0 Å². The van der Waals surface area contributed by atoms with Crippen LogP contribution in [0.1, 0.15) is 24.5 Å². The fourth-order valence-electron chi connectivity index (χ4n) is 2.19. The number of urea groups is 1. The van der Waals surface area contributed by atoms with Crippen molar-refractivity contribution in [1.29, 1.82) is 5.26 Å². The van der Waals surface area contributed by atoms with Crippen LogP contribution in [-0.4, -0.2) is 35.0 Å². The predicted molar refractivity (Wildman–Crippen MR) is 81.5 cm³/mol. The summed E-state index contributed by atoms with van der Waals surface area (Å²) in [6.07, 6.45) is 1.10. The maximum atomic E-state index is 12.1. The summed E-state index contributed by atoms with van der Waals surface area (Å²) in [4.78, 5) is 14.0. The number of benzene rings is 1. The lowest BCUT2D eigenvalue weighted by atomic mass is 10.1. The molecule has 1 atom stereocenters. The highest BCUT2D eigenvalue weighted by atomic mass is 32.2. The van der Waals surface area contributed by atoms with Crippen molar-refractivity contribution in [3.63, 3.8) is 0 Å². The molecule has 1 unspecified atom stereocenters. The third-order valence-corrected chi connectivity index (χ3v) is 4.75. The van der Waals surface area contributed by atoms with Gasteiger partial charge in [0, 0.05) is 30.6 Å². The van der Waals surface area contributed by atoms with E-state index in [1.54, 1.807) is 12.1 Å². The number of carbonyl (C=O) groups excluding carboxylic acids is 1. The molecule has 1 aromatic carbocycles. The summed E-state index contributed by atoms with van der Waals surface area (Å²) < 4.78 is 0. The zero-order valence-corrected chi connectivity index (χ0v) is 12.4. The molecule has 20 heavy (non-hydrogen) atoms. The van der Waals surface area contributed by atoms with E-state index in [0.29, 0.717) is 17.4 Å². The zero-order chi connectivity index (χ0) is 14.4. The fraction of sp³-hybridized carbons (Fsp3) is 0.467. The lowest BCUT2D eigenvalue weighted by Gasteiger charge is -2.31. The van der Waals surface area contributed by atoms with Crippen LogP contribution in [0.3, 0.4) is 0 Å². The van der Waals surface area contributed by atoms with Crippen molar-refractivity contribution in [2.75, 3.05) is 18.8 Å². The maximum Gasteiger partial charge on any atom is 0.317 e. The number of carbonyl (C=O) groups is 1. The molecule has 1 N–H and O–H groups in total. The van der Waals surface area contributed by atoms with E-state index >= 15 is 0 Å². The summed E-state index contributed by atoms with van der Waals surface area (Å²) >= 11 is 1.95. The molecule has 2 amide bonds. The van der Waals surface area contributed by atoms with Crippen LogP contribution in [0, 0.1) is 11.3 Å². The van der Waals surface area contributed by atoms with Crippen molar-refractivity contribution in [2.45, 2.75) is 25.1 Å². The van der Waals surface area contributed by atoms with Crippen LogP contribution >= 0.6 is 11.8 Å². The van der Waals surface area contributed by atoms with Crippen LogP contribution in [0.15, 0.2) is 24.3 Å². The number of thioether (sulfide) groups is 1. The number of amides is 2. The molecule has 1 aromatic rings. The van der Waals surface area contributed by atoms with Gasteiger partial charge < -0.3 is 10.2 Å². The molecule has 0 saturated carbocycles. The zero-order valence-electron chi connectivity index (χ0n) is 11.6. The van der Waals surface area contributed by atoms with Crippen LogP contribution in [0.5, 0.6) is 0 Å². The molecule has 1 aliphatic heterocycles. The van der Waals surface area contributed by atoms with E-state index in [2.05, 4.69) is 18.3 Å². The Morgan fingerprint density at radius 3 is 3.20 bits per heavy atom. The highest BCUT2D eigenvalue weighted by Crippen LogP contribution is 2.20. The van der Waals surface area contributed by atoms with Crippen molar-refractivity contribution in [3.05, 3.63) is 35.4 Å². The van der Waals surface area contributed by atoms with Crippen molar-refractivity contribution in [1.82, 2.24) is 10.2 Å². The van der Waals surface area contributed by atoms with E-state index in [-0.39, 0.29) is 6.03 Å². The molecule has 0 bridgehead atoms. The Labute approximate surface area is 124 Å². The molecule has 0 spiro atoms. The van der Waals surface area contributed by atoms with E-state index in [1.165, 1.54) is 0 Å². The second kappa shape index (κ2) is 7.20. The van der Waals surface area contributed by atoms with Gasteiger partial charge in [0.15, 0.2) is 0 Å². The van der Waals surface area contributed by atoms with E-state index in [4.69, 9.17) is 5.26 Å². The van der Waals surface area contributed by atoms with Crippen LogP contribution in [-0.2, 0) is 6.54 Å². The van der Waals surface area contributed by atoms with Gasteiger partial charge in [0.05, 0.1) is 11.6 Å². The molecule has 106 valence electrons. The van der Waals surface area contributed by atoms with Gasteiger partial charge >= 0.3 is 6.03 Å². The molecular weight excluding hydrogens is 270 g/mol. The van der Waals surface area contributed by atoms with Crippen molar-refractivity contribution in [2.24, 2.45) is 0 Å². The molecule has 0 radical (unpaired) electrons. The Hall–Kier alpha value is -1.67. The van der Waals surface area contributed by atoms with Gasteiger partial charge in [0.1, 0.15) is 0 Å². The summed E-state index contributed by atoms with van der Waals surface area (Å²) in [6, 6.07) is 9.42. The highest BCUT2D eigenvalue weighted by Gasteiger charge is 2.22. The molecular formula is C15H19N3OS. The number of hydrogen-bond donors (Lipinski definition) is 1. The molecule has 1 fully saturated rings. The standard InChI is InChI=1S/C15H19N3OS/c1-2-14-11-18(6-7-20-14)15(19)17-10-13-5-3-4-12(8-13)9-16/h3-5,8,14H,2,6-7,10-11H2,1H3,(H,17,19). The first-order chi connectivity index (χ1) is 9.72. The Kier molecular flexibility index (Phi) is 5.31. The van der Waals surface area contributed by atoms with Crippen molar-refractivity contribution < 1.29 is 4.79 Å². The lowest BCUT2D eigenvalue weighted by molar-refractivity contribution is 0.199. The van der Waals surface area contributed by atoms with Crippen LogP contribution < -0.4 is 5.32 Å². The van der Waals surface area contributed by atoms with Crippen molar-refractivity contribution >= 4 is 17.8 Å². The van der Waals surface area contributed by atoms with Gasteiger partial charge in [-0.15, -0.1) is 0 Å². The predicted octanol–water partition coefficient (Wildman–Crippen LogP) is 2.60. The van der Waals surface area contributed by atoms with Gasteiger partial charge in [-0.05, 0) is 24.1 Å². The van der Waals surface area contributed by atoms with E-state index in [9.17, 15) is 4.79 Å². The fourth-order valence-corrected chi connectivity index (χ4v) is 3.37. The van der Waals surface area contributed by atoms with Crippen LogP contribution in [0.2, 0.25) is 0 Å². The monoisotopic (exact) mass is 289 g/mol. The molecule has 0 aromatic heterocycles. The number of rotatable bonds is 3. The molecule has 1 saturated heterocycles. The minimum atomic E-state index is -0.00823. The van der Waals surface area contributed by atoms with E-state index in [0.717, 1.165) is 30.8 Å². The number of nitrogens with one attached hydrogen (secondary N) is 1. The number of hydrogen-bond acceptors (Lipinski definition) is 3. The van der Waals surface area contributed by atoms with Crippen LogP contribution in [0.4, 0.5) is 4.79 Å². The van der Waals surface area contributed by atoms with E-state index in [1.807, 2.05) is 28.8 Å². The van der Waals surface area contributed by atoms with Gasteiger partial charge in [0.2, 0.25) is 0 Å². The summed E-state index contributed by atoms with van der Waals surface area (Å²) in [5, 5.41) is 12.3. The first kappa shape index (κ1) is 14.7. The van der Waals surface area contributed by atoms with Crippen LogP contribution in [0.25, 0.3) is 0 Å². The quantitative estimate of drug-likeness (QED) is 0.930. The highest BCUT2D eigenvalue weighted by molar-refractivity contribution is 8.00. The summed E-state index contributed by atoms with van der Waals surface area (Å²) in [6.45, 7) is 4.26. The largest absolute Gasteiger partial charge is 0.334 e. The van der Waals surface area contributed by atoms with Gasteiger partial charge in [-0.25, -0.2) is 4.79 Å². The molecule has 5 heteroatoms. The normalized spacial score (nSPS) is 18.4. The second-order valence-electron chi connectivity index (χ2n) is 4.82. The smallest absolute Gasteiger partial charge is 0.317 e. The molecule has 0 aliphatic carbocycles. The number of nitrogens with zero attached hydrogens (tertiary/aromatic N) is 2. The Bertz CT molecular complexity index is 512. The molecule has 1 aliphatic rings. The Morgan fingerprint density at radius 1 is 1.60 bits per heavy atom. The molecule has 4 nitrogen and oxygen atoms in total. The van der Waals surface area contributed by atoms with Gasteiger partial charge in [-0.2, -0.15) is 17.0 Å². The average molecular weight is 289 g/mol.